The van der Waals surface area contributed by atoms with Crippen molar-refractivity contribution in [3.63, 3.8) is 0 Å². The first-order valence-electron chi connectivity index (χ1n) is 9.88. The molecule has 0 aliphatic carbocycles. The van der Waals surface area contributed by atoms with Crippen LogP contribution < -0.4 is 5.63 Å². The molecule has 3 aromatic carbocycles. The van der Waals surface area contributed by atoms with E-state index in [-0.39, 0.29) is 11.3 Å². The quantitative estimate of drug-likeness (QED) is 0.258. The lowest BCUT2D eigenvalue weighted by atomic mass is 10.1. The highest BCUT2D eigenvalue weighted by atomic mass is 16.4. The van der Waals surface area contributed by atoms with Crippen molar-refractivity contribution in [2.75, 3.05) is 0 Å². The summed E-state index contributed by atoms with van der Waals surface area (Å²) in [5, 5.41) is 28.5. The van der Waals surface area contributed by atoms with E-state index < -0.39 is 11.4 Å². The van der Waals surface area contributed by atoms with Crippen molar-refractivity contribution in [1.29, 1.82) is 5.26 Å². The molecule has 0 spiro atoms. The molecule has 0 radical (unpaired) electrons. The van der Waals surface area contributed by atoms with Gasteiger partial charge < -0.3 is 9.52 Å². The molecule has 5 rings (SSSR count). The van der Waals surface area contributed by atoms with E-state index >= 15 is 0 Å². The SMILES string of the molecule is N#Cc1ccc2oc(=O)c(C(=O)/C=C/c3ccc(O)c(-n4nc5ccccc5n4)c3)cc2c1. The minimum Gasteiger partial charge on any atom is -0.506 e. The molecule has 33 heavy (non-hydrogen) atoms. The summed E-state index contributed by atoms with van der Waals surface area (Å²) >= 11 is 0. The smallest absolute Gasteiger partial charge is 0.347 e. The van der Waals surface area contributed by atoms with Crippen molar-refractivity contribution in [2.24, 2.45) is 0 Å². The minimum atomic E-state index is -0.763. The van der Waals surface area contributed by atoms with Gasteiger partial charge in [0.05, 0.1) is 11.6 Å². The summed E-state index contributed by atoms with van der Waals surface area (Å²) in [6.07, 6.45) is 2.76. The summed E-state index contributed by atoms with van der Waals surface area (Å²) in [6, 6.07) is 20.1. The van der Waals surface area contributed by atoms with Crippen LogP contribution in [0.15, 0.2) is 82.0 Å². The average Bonchev–Trinajstić information content (AvgIpc) is 3.26. The van der Waals surface area contributed by atoms with Crippen LogP contribution >= 0.6 is 0 Å². The van der Waals surface area contributed by atoms with Gasteiger partial charge in [-0.15, -0.1) is 15.0 Å². The van der Waals surface area contributed by atoms with Crippen LogP contribution in [0.1, 0.15) is 21.5 Å². The zero-order valence-corrected chi connectivity index (χ0v) is 17.0. The summed E-state index contributed by atoms with van der Waals surface area (Å²) in [4.78, 5) is 26.3. The van der Waals surface area contributed by atoms with Gasteiger partial charge in [0, 0.05) is 5.39 Å². The van der Waals surface area contributed by atoms with Crippen LogP contribution in [-0.4, -0.2) is 25.9 Å². The Kier molecular flexibility index (Phi) is 4.77. The van der Waals surface area contributed by atoms with Gasteiger partial charge >= 0.3 is 5.63 Å². The number of benzene rings is 3. The number of nitriles is 1. The van der Waals surface area contributed by atoms with Gasteiger partial charge in [0.15, 0.2) is 5.78 Å². The Hall–Kier alpha value is -5.03. The fourth-order valence-electron chi connectivity index (χ4n) is 3.40. The lowest BCUT2D eigenvalue weighted by molar-refractivity contribution is 0.104. The first kappa shape index (κ1) is 19.9. The number of phenolic OH excluding ortho intramolecular Hbond substituents is 1. The zero-order chi connectivity index (χ0) is 22.9. The molecular formula is C25H14N4O4. The molecule has 0 aliphatic rings. The molecule has 2 aromatic heterocycles. The maximum absolute atomic E-state index is 12.7. The summed E-state index contributed by atoms with van der Waals surface area (Å²) in [7, 11) is 0. The van der Waals surface area contributed by atoms with Gasteiger partial charge in [-0.2, -0.15) is 5.26 Å². The molecule has 0 atom stereocenters. The maximum Gasteiger partial charge on any atom is 0.347 e. The number of nitrogens with zero attached hydrogens (tertiary/aromatic N) is 4. The molecule has 0 aliphatic heterocycles. The van der Waals surface area contributed by atoms with Crippen molar-refractivity contribution in [2.45, 2.75) is 0 Å². The molecule has 158 valence electrons. The van der Waals surface area contributed by atoms with Crippen molar-refractivity contribution < 1.29 is 14.3 Å². The van der Waals surface area contributed by atoms with Gasteiger partial charge in [0.2, 0.25) is 0 Å². The Morgan fingerprint density at radius 1 is 1.03 bits per heavy atom. The van der Waals surface area contributed by atoms with Crippen LogP contribution in [0.25, 0.3) is 33.8 Å². The standard InChI is InChI=1S/C25H14N4O4/c26-14-16-7-10-24-17(11-16)13-18(25(32)33-24)22(30)8-5-15-6-9-23(31)21(12-15)29-27-19-3-1-2-4-20(19)28-29/h1-13,31H/b8-5+. The van der Waals surface area contributed by atoms with Crippen molar-refractivity contribution in [3.8, 4) is 17.5 Å². The van der Waals surface area contributed by atoms with Crippen molar-refractivity contribution >= 4 is 33.9 Å². The lowest BCUT2D eigenvalue weighted by Crippen LogP contribution is -2.12. The van der Waals surface area contributed by atoms with Crippen LogP contribution in [0.4, 0.5) is 0 Å². The predicted molar refractivity (Wildman–Crippen MR) is 121 cm³/mol. The van der Waals surface area contributed by atoms with Gasteiger partial charge in [0.25, 0.3) is 0 Å². The molecule has 2 heterocycles. The summed E-state index contributed by atoms with van der Waals surface area (Å²) < 4.78 is 5.21. The first-order chi connectivity index (χ1) is 16.0. The summed E-state index contributed by atoms with van der Waals surface area (Å²) in [5.74, 6) is -0.576. The molecule has 8 nitrogen and oxygen atoms in total. The highest BCUT2D eigenvalue weighted by molar-refractivity contribution is 6.07. The zero-order valence-electron chi connectivity index (χ0n) is 17.0. The van der Waals surface area contributed by atoms with Gasteiger partial charge in [-0.05, 0) is 60.2 Å². The Labute approximate surface area is 186 Å². The number of allylic oxidation sites excluding steroid dienone is 1. The number of aromatic hydroxyl groups is 1. The number of phenols is 1. The monoisotopic (exact) mass is 434 g/mol. The Morgan fingerprint density at radius 3 is 2.52 bits per heavy atom. The van der Waals surface area contributed by atoms with E-state index in [0.29, 0.717) is 38.8 Å². The molecule has 1 N–H and O–H groups in total. The normalized spacial score (nSPS) is 11.2. The molecular weight excluding hydrogens is 420 g/mol. The van der Waals surface area contributed by atoms with Crippen LogP contribution in [-0.2, 0) is 0 Å². The minimum absolute atomic E-state index is 0.0257. The van der Waals surface area contributed by atoms with Crippen molar-refractivity contribution in [1.82, 2.24) is 15.0 Å². The highest BCUT2D eigenvalue weighted by Gasteiger charge is 2.13. The van der Waals surface area contributed by atoms with E-state index in [9.17, 15) is 14.7 Å². The van der Waals surface area contributed by atoms with Gasteiger partial charge in [0.1, 0.15) is 33.6 Å². The first-order valence-corrected chi connectivity index (χ1v) is 9.88. The predicted octanol–water partition coefficient (Wildman–Crippen LogP) is 4.00. The number of ketones is 1. The molecule has 0 amide bonds. The second-order valence-corrected chi connectivity index (χ2v) is 7.24. The summed E-state index contributed by atoms with van der Waals surface area (Å²) in [5.41, 5.74) is 2.06. The van der Waals surface area contributed by atoms with E-state index in [1.807, 2.05) is 30.3 Å². The number of hydrogen-bond donors (Lipinski definition) is 1. The molecule has 5 aromatic rings. The Balaban J connectivity index is 1.47. The number of hydrogen-bond acceptors (Lipinski definition) is 7. The highest BCUT2D eigenvalue weighted by Crippen LogP contribution is 2.24. The Bertz CT molecular complexity index is 1660. The van der Waals surface area contributed by atoms with E-state index in [1.54, 1.807) is 18.2 Å². The fraction of sp³-hybridized carbons (Fsp3) is 0. The average molecular weight is 434 g/mol. The third-order valence-corrected chi connectivity index (χ3v) is 5.06. The van der Waals surface area contributed by atoms with Gasteiger partial charge in [-0.25, -0.2) is 4.79 Å². The van der Waals surface area contributed by atoms with Crippen LogP contribution in [0.3, 0.4) is 0 Å². The molecule has 8 heteroatoms. The third-order valence-electron chi connectivity index (χ3n) is 5.06. The number of rotatable bonds is 4. The maximum atomic E-state index is 12.7. The summed E-state index contributed by atoms with van der Waals surface area (Å²) in [6.45, 7) is 0. The number of aromatic nitrogens is 3. The van der Waals surface area contributed by atoms with Crippen LogP contribution in [0, 0.1) is 11.3 Å². The number of carbonyl (C=O) groups is 1. The van der Waals surface area contributed by atoms with Gasteiger partial charge in [-0.3, -0.25) is 4.79 Å². The van der Waals surface area contributed by atoms with E-state index in [4.69, 9.17) is 9.68 Å². The van der Waals surface area contributed by atoms with Crippen molar-refractivity contribution in [3.05, 3.63) is 99.9 Å². The lowest BCUT2D eigenvalue weighted by Gasteiger charge is -2.04. The van der Waals surface area contributed by atoms with E-state index in [2.05, 4.69) is 10.2 Å². The molecule has 0 bridgehead atoms. The molecule has 0 unspecified atom stereocenters. The van der Waals surface area contributed by atoms with Gasteiger partial charge in [-0.1, -0.05) is 24.3 Å². The van der Waals surface area contributed by atoms with Crippen LogP contribution in [0.2, 0.25) is 0 Å². The second kappa shape index (κ2) is 7.90. The largest absolute Gasteiger partial charge is 0.506 e. The third kappa shape index (κ3) is 3.75. The Morgan fingerprint density at radius 2 is 1.79 bits per heavy atom. The van der Waals surface area contributed by atoms with Crippen LogP contribution in [0.5, 0.6) is 5.75 Å². The molecule has 0 saturated carbocycles. The molecule has 0 fully saturated rings. The molecule has 0 saturated heterocycles. The number of fused-ring (bicyclic) bond motifs is 2. The van der Waals surface area contributed by atoms with E-state index in [1.165, 1.54) is 41.2 Å². The second-order valence-electron chi connectivity index (χ2n) is 7.24. The fourth-order valence-corrected chi connectivity index (χ4v) is 3.40. The number of carbonyl (C=O) groups excluding carboxylic acids is 1. The topological polar surface area (TPSA) is 122 Å². The van der Waals surface area contributed by atoms with E-state index in [0.717, 1.165) is 0 Å².